The van der Waals surface area contributed by atoms with Crippen LogP contribution in [0.4, 0.5) is 19.4 Å². The number of likely N-dealkylation sites (tertiary alicyclic amines) is 1. The summed E-state index contributed by atoms with van der Waals surface area (Å²) in [7, 11) is 1.46. The standard InChI is InChI=1S/C27H32F2N4O4/c1-27(2,3)37-26(34)33-13-7-8-18(15-33)30-25-20-10-6-5-9-19(20)23(31-32-25)21-12-11-17(24(28)29)14-22(21)36-16-35-4/h5-6,9-12,14,18,24H,7-8,13,15-16H2,1-4H3,(H,30,32)/t18-/m1/s1. The number of amides is 1. The SMILES string of the molecule is COCOc1cc(C(F)F)ccc1-c1nnc(N[C@@H]2CCCN(C(=O)OC(C)(C)C)C2)c2ccccc12. The van der Waals surface area contributed by atoms with Crippen LogP contribution in [0.1, 0.15) is 45.6 Å². The van der Waals surface area contributed by atoms with Crippen molar-refractivity contribution in [1.82, 2.24) is 15.1 Å². The number of hydrogen-bond donors (Lipinski definition) is 1. The molecule has 198 valence electrons. The van der Waals surface area contributed by atoms with Crippen molar-refractivity contribution in [1.29, 1.82) is 0 Å². The van der Waals surface area contributed by atoms with Crippen molar-refractivity contribution in [3.63, 3.8) is 0 Å². The maximum absolute atomic E-state index is 13.3. The topological polar surface area (TPSA) is 85.8 Å². The molecule has 0 unspecified atom stereocenters. The van der Waals surface area contributed by atoms with Crippen LogP contribution in [0.15, 0.2) is 42.5 Å². The number of aromatic nitrogens is 2. The van der Waals surface area contributed by atoms with Gasteiger partial charge in [-0.1, -0.05) is 30.3 Å². The van der Waals surface area contributed by atoms with Gasteiger partial charge in [0, 0.05) is 48.1 Å². The molecular formula is C27H32F2N4O4. The fourth-order valence-electron chi connectivity index (χ4n) is 4.30. The van der Waals surface area contributed by atoms with Crippen LogP contribution < -0.4 is 10.1 Å². The molecule has 4 rings (SSSR count). The first-order chi connectivity index (χ1) is 17.7. The molecule has 0 bridgehead atoms. The van der Waals surface area contributed by atoms with Crippen molar-refractivity contribution in [2.75, 3.05) is 32.3 Å². The number of nitrogens with zero attached hydrogens (tertiary/aromatic N) is 3. The summed E-state index contributed by atoms with van der Waals surface area (Å²) < 4.78 is 42.8. The quantitative estimate of drug-likeness (QED) is 0.386. The number of carbonyl (C=O) groups excluding carboxylic acids is 1. The number of ether oxygens (including phenoxy) is 3. The second-order valence-electron chi connectivity index (χ2n) is 9.96. The van der Waals surface area contributed by atoms with E-state index in [0.717, 1.165) is 23.6 Å². The van der Waals surface area contributed by atoms with Crippen LogP contribution in [0.5, 0.6) is 5.75 Å². The molecule has 0 saturated carbocycles. The number of hydrogen-bond acceptors (Lipinski definition) is 7. The Labute approximate surface area is 214 Å². The second-order valence-corrected chi connectivity index (χ2v) is 9.96. The minimum Gasteiger partial charge on any atom is -0.467 e. The molecule has 2 aromatic carbocycles. The van der Waals surface area contributed by atoms with Crippen LogP contribution in [0.25, 0.3) is 22.0 Å². The van der Waals surface area contributed by atoms with E-state index in [4.69, 9.17) is 14.2 Å². The van der Waals surface area contributed by atoms with Gasteiger partial charge in [-0.25, -0.2) is 13.6 Å². The lowest BCUT2D eigenvalue weighted by molar-refractivity contribution is 0.0206. The molecule has 2 heterocycles. The van der Waals surface area contributed by atoms with Gasteiger partial charge in [0.1, 0.15) is 17.0 Å². The number of benzene rings is 2. The molecule has 1 saturated heterocycles. The Hall–Kier alpha value is -3.53. The highest BCUT2D eigenvalue weighted by molar-refractivity contribution is 6.01. The van der Waals surface area contributed by atoms with Gasteiger partial charge in [0.25, 0.3) is 6.43 Å². The third kappa shape index (κ3) is 6.43. The van der Waals surface area contributed by atoms with E-state index in [0.29, 0.717) is 30.2 Å². The van der Waals surface area contributed by atoms with Crippen molar-refractivity contribution >= 4 is 22.7 Å². The van der Waals surface area contributed by atoms with E-state index < -0.39 is 12.0 Å². The van der Waals surface area contributed by atoms with Gasteiger partial charge < -0.3 is 24.4 Å². The summed E-state index contributed by atoms with van der Waals surface area (Å²) >= 11 is 0. The monoisotopic (exact) mass is 514 g/mol. The van der Waals surface area contributed by atoms with Crippen LogP contribution >= 0.6 is 0 Å². The van der Waals surface area contributed by atoms with Gasteiger partial charge in [0.05, 0.1) is 0 Å². The molecule has 0 radical (unpaired) electrons. The summed E-state index contributed by atoms with van der Waals surface area (Å²) in [6, 6.07) is 11.8. The van der Waals surface area contributed by atoms with Gasteiger partial charge >= 0.3 is 6.09 Å². The van der Waals surface area contributed by atoms with Crippen molar-refractivity contribution in [2.45, 2.75) is 51.7 Å². The fraction of sp³-hybridized carbons (Fsp3) is 0.444. The molecule has 8 nitrogen and oxygen atoms in total. The Morgan fingerprint density at radius 1 is 1.16 bits per heavy atom. The van der Waals surface area contributed by atoms with Gasteiger partial charge in [-0.05, 0) is 45.7 Å². The lowest BCUT2D eigenvalue weighted by atomic mass is 10.0. The zero-order valence-corrected chi connectivity index (χ0v) is 21.5. The number of methoxy groups -OCH3 is 1. The van der Waals surface area contributed by atoms with E-state index in [1.807, 2.05) is 45.0 Å². The van der Waals surface area contributed by atoms with Crippen LogP contribution in [-0.2, 0) is 9.47 Å². The lowest BCUT2D eigenvalue weighted by Gasteiger charge is -2.34. The van der Waals surface area contributed by atoms with E-state index in [9.17, 15) is 13.6 Å². The molecule has 1 aliphatic rings. The Bertz CT molecular complexity index is 1250. The van der Waals surface area contributed by atoms with Gasteiger partial charge in [-0.2, -0.15) is 0 Å². The summed E-state index contributed by atoms with van der Waals surface area (Å²) in [5, 5.41) is 14.0. The molecule has 1 aromatic heterocycles. The predicted octanol–water partition coefficient (Wildman–Crippen LogP) is 6.03. The van der Waals surface area contributed by atoms with Crippen LogP contribution in [0.3, 0.4) is 0 Å². The number of carbonyl (C=O) groups is 1. The molecular weight excluding hydrogens is 482 g/mol. The molecule has 3 aromatic rings. The van der Waals surface area contributed by atoms with Gasteiger partial charge in [-0.3, -0.25) is 0 Å². The average Bonchev–Trinajstić information content (AvgIpc) is 2.87. The Morgan fingerprint density at radius 2 is 1.92 bits per heavy atom. The Morgan fingerprint density at radius 3 is 2.62 bits per heavy atom. The van der Waals surface area contributed by atoms with Crippen molar-refractivity contribution < 1.29 is 27.8 Å². The number of anilines is 1. The number of fused-ring (bicyclic) bond motifs is 1. The average molecular weight is 515 g/mol. The minimum atomic E-state index is -2.64. The molecule has 1 atom stereocenters. The maximum Gasteiger partial charge on any atom is 0.410 e. The third-order valence-electron chi connectivity index (χ3n) is 5.95. The highest BCUT2D eigenvalue weighted by atomic mass is 19.3. The Balaban J connectivity index is 1.63. The molecule has 37 heavy (non-hydrogen) atoms. The van der Waals surface area contributed by atoms with Crippen molar-refractivity contribution in [2.24, 2.45) is 0 Å². The number of piperidine rings is 1. The van der Waals surface area contributed by atoms with E-state index in [-0.39, 0.29) is 30.2 Å². The number of alkyl halides is 2. The van der Waals surface area contributed by atoms with Crippen LogP contribution in [-0.4, -0.2) is 59.8 Å². The summed E-state index contributed by atoms with van der Waals surface area (Å²) in [6.45, 7) is 6.57. The molecule has 1 N–H and O–H groups in total. The lowest BCUT2D eigenvalue weighted by Crippen LogP contribution is -2.47. The first-order valence-electron chi connectivity index (χ1n) is 12.2. The summed E-state index contributed by atoms with van der Waals surface area (Å²) in [5.74, 6) is 0.819. The van der Waals surface area contributed by atoms with E-state index in [2.05, 4.69) is 15.5 Å². The fourth-order valence-corrected chi connectivity index (χ4v) is 4.30. The predicted molar refractivity (Wildman–Crippen MR) is 137 cm³/mol. The molecule has 0 aliphatic carbocycles. The number of rotatable bonds is 7. The van der Waals surface area contributed by atoms with Gasteiger partial charge in [-0.15, -0.1) is 10.2 Å². The zero-order valence-electron chi connectivity index (χ0n) is 21.5. The summed E-state index contributed by atoms with van der Waals surface area (Å²) in [6.07, 6.45) is -1.27. The summed E-state index contributed by atoms with van der Waals surface area (Å²) in [4.78, 5) is 14.3. The first-order valence-corrected chi connectivity index (χ1v) is 12.2. The molecule has 1 amide bonds. The van der Waals surface area contributed by atoms with Crippen molar-refractivity contribution in [3.8, 4) is 17.0 Å². The summed E-state index contributed by atoms with van der Waals surface area (Å²) in [5.41, 5.74) is 0.323. The Kier molecular flexibility index (Phi) is 8.06. The molecule has 1 fully saturated rings. The molecule has 0 spiro atoms. The van der Waals surface area contributed by atoms with Crippen LogP contribution in [0.2, 0.25) is 0 Å². The number of nitrogens with one attached hydrogen (secondary N) is 1. The smallest absolute Gasteiger partial charge is 0.410 e. The second kappa shape index (κ2) is 11.2. The van der Waals surface area contributed by atoms with E-state index in [1.54, 1.807) is 11.0 Å². The highest BCUT2D eigenvalue weighted by Crippen LogP contribution is 2.37. The molecule has 1 aliphatic heterocycles. The van der Waals surface area contributed by atoms with Crippen LogP contribution in [0, 0.1) is 0 Å². The number of halogens is 2. The minimum absolute atomic E-state index is 0.0317. The molecule has 10 heteroatoms. The zero-order chi connectivity index (χ0) is 26.6. The first kappa shape index (κ1) is 26.5. The van der Waals surface area contributed by atoms with E-state index in [1.165, 1.54) is 19.2 Å². The third-order valence-corrected chi connectivity index (χ3v) is 5.95. The van der Waals surface area contributed by atoms with Crippen molar-refractivity contribution in [3.05, 3.63) is 48.0 Å². The highest BCUT2D eigenvalue weighted by Gasteiger charge is 2.28. The van der Waals surface area contributed by atoms with Gasteiger partial charge in [0.15, 0.2) is 12.6 Å². The van der Waals surface area contributed by atoms with Gasteiger partial charge in [0.2, 0.25) is 0 Å². The maximum atomic E-state index is 13.3. The largest absolute Gasteiger partial charge is 0.467 e. The normalized spacial score (nSPS) is 16.2. The van der Waals surface area contributed by atoms with E-state index >= 15 is 0 Å².